The van der Waals surface area contributed by atoms with E-state index in [1.807, 2.05) is 39.0 Å². The summed E-state index contributed by atoms with van der Waals surface area (Å²) in [6.45, 7) is 6.84. The van der Waals surface area contributed by atoms with Crippen molar-refractivity contribution in [2.45, 2.75) is 70.7 Å². The van der Waals surface area contributed by atoms with E-state index in [0.717, 1.165) is 62.3 Å². The van der Waals surface area contributed by atoms with Crippen molar-refractivity contribution in [3.8, 4) is 11.1 Å². The fourth-order valence-electron chi connectivity index (χ4n) is 6.85. The average Bonchev–Trinajstić information content (AvgIpc) is 3.39. The highest BCUT2D eigenvalue weighted by atomic mass is 35.5. The summed E-state index contributed by atoms with van der Waals surface area (Å²) in [6, 6.07) is 9.09. The molecule has 4 aromatic rings. The Balaban J connectivity index is 1.26. The van der Waals surface area contributed by atoms with Gasteiger partial charge in [0.25, 0.3) is 12.0 Å². The molecule has 1 saturated carbocycles. The van der Waals surface area contributed by atoms with Crippen LogP contribution in [0.25, 0.3) is 21.3 Å². The SMILES string of the molecule is CC(C)(C)OC(=O)N1CC[C@H](N2C[C@H]3C[C@H]3c3cc(Cl)cc(-c4ccnc5cc(Cn6c(=O)ccn(CC(F)F)c6=O)sc45)c32)C1. The number of halogens is 3. The maximum Gasteiger partial charge on any atom is 0.410 e. The molecule has 3 aliphatic rings. The Hall–Kier alpha value is -3.77. The molecule has 3 aromatic heterocycles. The van der Waals surface area contributed by atoms with Gasteiger partial charge in [-0.1, -0.05) is 11.6 Å². The Labute approximate surface area is 273 Å². The number of aromatic nitrogens is 3. The highest BCUT2D eigenvalue weighted by Crippen LogP contribution is 2.58. The second kappa shape index (κ2) is 11.5. The molecule has 46 heavy (non-hydrogen) atoms. The molecular weight excluding hydrogens is 636 g/mol. The minimum Gasteiger partial charge on any atom is -0.444 e. The summed E-state index contributed by atoms with van der Waals surface area (Å²) < 4.78 is 34.4. The molecular formula is C33H34ClF2N5O4S. The van der Waals surface area contributed by atoms with E-state index in [1.165, 1.54) is 16.9 Å². The lowest BCUT2D eigenvalue weighted by molar-refractivity contribution is 0.0292. The van der Waals surface area contributed by atoms with Crippen molar-refractivity contribution in [2.24, 2.45) is 5.92 Å². The van der Waals surface area contributed by atoms with E-state index in [0.29, 0.717) is 40.3 Å². The van der Waals surface area contributed by atoms with Crippen LogP contribution in [0, 0.1) is 5.92 Å². The molecule has 0 bridgehead atoms. The highest BCUT2D eigenvalue weighted by molar-refractivity contribution is 7.19. The van der Waals surface area contributed by atoms with Gasteiger partial charge in [-0.15, -0.1) is 11.3 Å². The fraction of sp³-hybridized carbons (Fsp3) is 0.455. The quantitative estimate of drug-likeness (QED) is 0.243. The lowest BCUT2D eigenvalue weighted by atomic mass is 9.92. The van der Waals surface area contributed by atoms with Crippen LogP contribution in [0.2, 0.25) is 5.02 Å². The van der Waals surface area contributed by atoms with E-state index < -0.39 is 29.8 Å². The van der Waals surface area contributed by atoms with E-state index in [9.17, 15) is 23.2 Å². The number of nitrogens with zero attached hydrogens (tertiary/aromatic N) is 5. The standard InChI is InChI=1S/C33H34ClF2N5O4S/c1-33(2,3)45-32(44)39-8-5-20(15-39)40-14-18-10-23(18)25-12-19(34)11-24(29(25)40)22-4-7-37-26-13-21(46-30(22)26)16-41-28(42)6-9-38(31(41)43)17-27(35)36/h4,6-7,9,11-13,18,20,23,27H,5,8,10,14-17H2,1-3H3/t18-,20+,23-/m1/s1. The van der Waals surface area contributed by atoms with Crippen molar-refractivity contribution in [1.29, 1.82) is 0 Å². The number of ether oxygens (including phenoxy) is 1. The summed E-state index contributed by atoms with van der Waals surface area (Å²) in [5, 5.41) is 0.639. The Bertz CT molecular complexity index is 1970. The third-order valence-electron chi connectivity index (χ3n) is 8.94. The summed E-state index contributed by atoms with van der Waals surface area (Å²) >= 11 is 8.18. The number of amides is 1. The largest absolute Gasteiger partial charge is 0.444 e. The number of carbonyl (C=O) groups is 1. The molecule has 5 heterocycles. The van der Waals surface area contributed by atoms with E-state index in [-0.39, 0.29) is 18.7 Å². The normalized spacial score (nSPS) is 20.7. The van der Waals surface area contributed by atoms with Gasteiger partial charge in [-0.3, -0.25) is 18.9 Å². The monoisotopic (exact) mass is 669 g/mol. The van der Waals surface area contributed by atoms with Crippen LogP contribution in [0.3, 0.4) is 0 Å². The van der Waals surface area contributed by atoms with Gasteiger partial charge in [-0.05, 0) is 75.3 Å². The maximum atomic E-state index is 13.0. The van der Waals surface area contributed by atoms with Crippen molar-refractivity contribution in [1.82, 2.24) is 19.0 Å². The predicted octanol–water partition coefficient (Wildman–Crippen LogP) is 6.19. The molecule has 7 rings (SSSR count). The van der Waals surface area contributed by atoms with Gasteiger partial charge in [0.2, 0.25) is 0 Å². The van der Waals surface area contributed by atoms with Crippen LogP contribution in [0.15, 0.2) is 52.3 Å². The molecule has 1 aromatic carbocycles. The van der Waals surface area contributed by atoms with E-state index in [4.69, 9.17) is 16.3 Å². The van der Waals surface area contributed by atoms with Gasteiger partial charge < -0.3 is 14.5 Å². The van der Waals surface area contributed by atoms with Gasteiger partial charge in [0, 0.05) is 70.9 Å². The fourth-order valence-corrected chi connectivity index (χ4v) is 8.20. The summed E-state index contributed by atoms with van der Waals surface area (Å²) in [4.78, 5) is 47.9. The van der Waals surface area contributed by atoms with Crippen LogP contribution in [0.5, 0.6) is 0 Å². The first-order chi connectivity index (χ1) is 21.9. The second-order valence-electron chi connectivity index (χ2n) is 13.4. The number of hydrogen-bond acceptors (Lipinski definition) is 7. The predicted molar refractivity (Wildman–Crippen MR) is 175 cm³/mol. The molecule has 2 aliphatic heterocycles. The number of rotatable bonds is 6. The van der Waals surface area contributed by atoms with E-state index >= 15 is 0 Å². The van der Waals surface area contributed by atoms with Gasteiger partial charge in [0.05, 0.1) is 23.3 Å². The molecule has 242 valence electrons. The molecule has 1 aliphatic carbocycles. The van der Waals surface area contributed by atoms with Crippen molar-refractivity contribution in [2.75, 3.05) is 24.5 Å². The van der Waals surface area contributed by atoms with Crippen LogP contribution >= 0.6 is 22.9 Å². The van der Waals surface area contributed by atoms with Crippen LogP contribution in [0.1, 0.15) is 50.0 Å². The molecule has 0 radical (unpaired) electrons. The van der Waals surface area contributed by atoms with Gasteiger partial charge >= 0.3 is 11.8 Å². The highest BCUT2D eigenvalue weighted by Gasteiger charge is 2.48. The third kappa shape index (κ3) is 5.81. The second-order valence-corrected chi connectivity index (χ2v) is 14.9. The van der Waals surface area contributed by atoms with Crippen molar-refractivity contribution in [3.05, 3.63) is 79.0 Å². The number of fused-ring (bicyclic) bond motifs is 4. The van der Waals surface area contributed by atoms with Crippen molar-refractivity contribution in [3.63, 3.8) is 0 Å². The molecule has 1 saturated heterocycles. The maximum absolute atomic E-state index is 13.0. The lowest BCUT2D eigenvalue weighted by Crippen LogP contribution is -2.43. The van der Waals surface area contributed by atoms with E-state index in [2.05, 4.69) is 16.0 Å². The molecule has 0 N–H and O–H groups in total. The minimum atomic E-state index is -2.72. The first-order valence-corrected chi connectivity index (χ1v) is 16.6. The van der Waals surface area contributed by atoms with Gasteiger partial charge in [0.15, 0.2) is 0 Å². The van der Waals surface area contributed by atoms with Crippen LogP contribution in [0.4, 0.5) is 19.3 Å². The number of pyridine rings is 1. The van der Waals surface area contributed by atoms with Crippen LogP contribution in [-0.2, 0) is 17.8 Å². The number of anilines is 1. The molecule has 0 spiro atoms. The number of carbonyl (C=O) groups excluding carboxylic acids is 1. The van der Waals surface area contributed by atoms with Gasteiger partial charge in [-0.25, -0.2) is 18.4 Å². The summed E-state index contributed by atoms with van der Waals surface area (Å²) in [7, 11) is 0. The Morgan fingerprint density at radius 2 is 1.96 bits per heavy atom. The van der Waals surface area contributed by atoms with Crippen molar-refractivity contribution < 1.29 is 18.3 Å². The smallest absolute Gasteiger partial charge is 0.410 e. The topological polar surface area (TPSA) is 89.7 Å². The summed E-state index contributed by atoms with van der Waals surface area (Å²) in [5.74, 6) is 0.974. The molecule has 1 amide bonds. The first-order valence-electron chi connectivity index (χ1n) is 15.4. The minimum absolute atomic E-state index is 0.0612. The Morgan fingerprint density at radius 1 is 1.15 bits per heavy atom. The lowest BCUT2D eigenvalue weighted by Gasteiger charge is -2.38. The van der Waals surface area contributed by atoms with Crippen molar-refractivity contribution >= 4 is 44.9 Å². The van der Waals surface area contributed by atoms with Gasteiger partial charge in [0.1, 0.15) is 5.60 Å². The molecule has 2 fully saturated rings. The zero-order valence-electron chi connectivity index (χ0n) is 25.7. The molecule has 0 unspecified atom stereocenters. The first kappa shape index (κ1) is 30.9. The molecule has 9 nitrogen and oxygen atoms in total. The number of alkyl halides is 2. The molecule has 3 atom stereocenters. The molecule has 13 heteroatoms. The Kier molecular flexibility index (Phi) is 7.70. The zero-order valence-corrected chi connectivity index (χ0v) is 27.3. The average molecular weight is 670 g/mol. The number of benzene rings is 1. The number of likely N-dealkylation sites (tertiary alicyclic amines) is 1. The van der Waals surface area contributed by atoms with E-state index in [1.54, 1.807) is 11.1 Å². The third-order valence-corrected chi connectivity index (χ3v) is 10.3. The zero-order chi connectivity index (χ0) is 32.5. The number of thiophene rings is 1. The van der Waals surface area contributed by atoms with Gasteiger partial charge in [-0.2, -0.15) is 0 Å². The van der Waals surface area contributed by atoms with Crippen LogP contribution < -0.4 is 16.1 Å². The summed E-state index contributed by atoms with van der Waals surface area (Å²) in [5.41, 5.74) is 3.03. The summed E-state index contributed by atoms with van der Waals surface area (Å²) in [6.07, 6.45) is 1.73. The number of hydrogen-bond donors (Lipinski definition) is 0. The Morgan fingerprint density at radius 3 is 2.72 bits per heavy atom. The van der Waals surface area contributed by atoms with Crippen LogP contribution in [-0.4, -0.2) is 62.8 Å².